The second-order valence-corrected chi connectivity index (χ2v) is 6.68. The van der Waals surface area contributed by atoms with Gasteiger partial charge >= 0.3 is 6.16 Å². The van der Waals surface area contributed by atoms with Gasteiger partial charge in [-0.15, -0.1) is 6.58 Å². The van der Waals surface area contributed by atoms with Crippen molar-refractivity contribution in [3.8, 4) is 0 Å². The molecule has 2 aliphatic rings. The highest BCUT2D eigenvalue weighted by Gasteiger charge is 2.27. The molecule has 3 nitrogen and oxygen atoms in total. The summed E-state index contributed by atoms with van der Waals surface area (Å²) in [6.07, 6.45) is 18.1. The minimum atomic E-state index is -1.83. The van der Waals surface area contributed by atoms with Crippen LogP contribution < -0.4 is 0 Å². The van der Waals surface area contributed by atoms with E-state index >= 15 is 0 Å². The molecule has 0 unspecified atom stereocenters. The smallest absolute Gasteiger partial charge is 0.450 e. The fourth-order valence-electron chi connectivity index (χ4n) is 4.10. The van der Waals surface area contributed by atoms with E-state index in [4.69, 9.17) is 15.0 Å². The molecular formula is C18H32O3. The lowest BCUT2D eigenvalue weighted by Gasteiger charge is -2.35. The number of allylic oxidation sites excluding steroid dienone is 1. The van der Waals surface area contributed by atoms with Gasteiger partial charge in [-0.25, -0.2) is 4.79 Å². The summed E-state index contributed by atoms with van der Waals surface area (Å²) in [6.45, 7) is 3.82. The van der Waals surface area contributed by atoms with Crippen molar-refractivity contribution in [1.29, 1.82) is 0 Å². The molecule has 2 rings (SSSR count). The monoisotopic (exact) mass is 296 g/mol. The lowest BCUT2D eigenvalue weighted by Crippen LogP contribution is -2.23. The van der Waals surface area contributed by atoms with Crippen molar-refractivity contribution in [2.75, 3.05) is 0 Å². The predicted octanol–water partition coefficient (Wildman–Crippen LogP) is 5.95. The Balaban J connectivity index is 0.000000491. The third kappa shape index (κ3) is 8.13. The minimum absolute atomic E-state index is 1.05. The van der Waals surface area contributed by atoms with Crippen molar-refractivity contribution in [3.63, 3.8) is 0 Å². The molecule has 0 atom stereocenters. The van der Waals surface area contributed by atoms with Crippen molar-refractivity contribution >= 4 is 6.16 Å². The molecule has 0 aromatic rings. The molecular weight excluding hydrogens is 264 g/mol. The van der Waals surface area contributed by atoms with Crippen molar-refractivity contribution < 1.29 is 15.0 Å². The molecule has 0 saturated heterocycles. The summed E-state index contributed by atoms with van der Waals surface area (Å²) >= 11 is 0. The molecule has 3 heteroatoms. The zero-order valence-corrected chi connectivity index (χ0v) is 13.3. The summed E-state index contributed by atoms with van der Waals surface area (Å²) in [5.41, 5.74) is 0. The first-order valence-corrected chi connectivity index (χ1v) is 8.66. The van der Waals surface area contributed by atoms with Gasteiger partial charge in [0.15, 0.2) is 0 Å². The molecule has 0 aliphatic heterocycles. The number of unbranched alkanes of at least 4 members (excludes halogenated alkanes) is 1. The van der Waals surface area contributed by atoms with Crippen LogP contribution >= 0.6 is 0 Å². The van der Waals surface area contributed by atoms with Gasteiger partial charge in [0.1, 0.15) is 0 Å². The van der Waals surface area contributed by atoms with Crippen LogP contribution in [0.5, 0.6) is 0 Å². The molecule has 2 saturated carbocycles. The van der Waals surface area contributed by atoms with Crippen molar-refractivity contribution in [2.24, 2.45) is 17.8 Å². The van der Waals surface area contributed by atoms with Gasteiger partial charge in [0.2, 0.25) is 0 Å². The first kappa shape index (κ1) is 18.1. The van der Waals surface area contributed by atoms with Crippen LogP contribution in [0.25, 0.3) is 0 Å². The van der Waals surface area contributed by atoms with Crippen LogP contribution in [0.3, 0.4) is 0 Å². The van der Waals surface area contributed by atoms with Gasteiger partial charge in [-0.1, -0.05) is 57.4 Å². The highest BCUT2D eigenvalue weighted by atomic mass is 16.6. The molecule has 0 spiro atoms. The largest absolute Gasteiger partial charge is 0.503 e. The molecule has 21 heavy (non-hydrogen) atoms. The minimum Gasteiger partial charge on any atom is -0.450 e. The van der Waals surface area contributed by atoms with E-state index in [1.807, 2.05) is 0 Å². The van der Waals surface area contributed by atoms with Gasteiger partial charge < -0.3 is 10.2 Å². The lowest BCUT2D eigenvalue weighted by molar-refractivity contribution is 0.137. The quantitative estimate of drug-likeness (QED) is 0.486. The van der Waals surface area contributed by atoms with Crippen molar-refractivity contribution in [1.82, 2.24) is 0 Å². The maximum absolute atomic E-state index is 8.56. The number of carboxylic acid groups (broad SMARTS) is 2. The van der Waals surface area contributed by atoms with Gasteiger partial charge in [-0.05, 0) is 43.4 Å². The number of rotatable bonds is 5. The maximum Gasteiger partial charge on any atom is 0.503 e. The van der Waals surface area contributed by atoms with Crippen molar-refractivity contribution in [3.05, 3.63) is 12.7 Å². The average molecular weight is 296 g/mol. The average Bonchev–Trinajstić information content (AvgIpc) is 2.49. The Labute approximate surface area is 129 Å². The Kier molecular flexibility index (Phi) is 9.20. The SMILES string of the molecule is C=CCCC[C@H]1CC[C@H](C2CCCCC2)CC1.O=C(O)O. The van der Waals surface area contributed by atoms with Crippen LogP contribution in [0.4, 0.5) is 4.79 Å². The Hall–Kier alpha value is -0.990. The van der Waals surface area contributed by atoms with E-state index in [1.165, 1.54) is 51.4 Å². The third-order valence-corrected chi connectivity index (χ3v) is 5.23. The molecule has 2 fully saturated rings. The second kappa shape index (κ2) is 10.7. The number of hydrogen-bond donors (Lipinski definition) is 2. The van der Waals surface area contributed by atoms with Gasteiger partial charge in [0.05, 0.1) is 0 Å². The fourth-order valence-corrected chi connectivity index (χ4v) is 4.10. The summed E-state index contributed by atoms with van der Waals surface area (Å²) in [7, 11) is 0. The second-order valence-electron chi connectivity index (χ2n) is 6.68. The highest BCUT2D eigenvalue weighted by molar-refractivity contribution is 5.53. The molecule has 2 N–H and O–H groups in total. The van der Waals surface area contributed by atoms with Gasteiger partial charge in [-0.3, -0.25) is 0 Å². The van der Waals surface area contributed by atoms with E-state index in [0.29, 0.717) is 0 Å². The molecule has 0 heterocycles. The van der Waals surface area contributed by atoms with Gasteiger partial charge in [-0.2, -0.15) is 0 Å². The summed E-state index contributed by atoms with van der Waals surface area (Å²) in [6, 6.07) is 0. The highest BCUT2D eigenvalue weighted by Crippen LogP contribution is 2.40. The predicted molar refractivity (Wildman–Crippen MR) is 86.7 cm³/mol. The summed E-state index contributed by atoms with van der Waals surface area (Å²) in [5.74, 6) is 3.26. The van der Waals surface area contributed by atoms with E-state index in [9.17, 15) is 0 Å². The summed E-state index contributed by atoms with van der Waals surface area (Å²) in [5, 5.41) is 13.9. The van der Waals surface area contributed by atoms with Crippen LogP contribution in [0.2, 0.25) is 0 Å². The Bertz CT molecular complexity index is 283. The lowest BCUT2D eigenvalue weighted by atomic mass is 9.70. The number of carbonyl (C=O) groups is 1. The van der Waals surface area contributed by atoms with E-state index in [-0.39, 0.29) is 0 Å². The molecule has 0 bridgehead atoms. The molecule has 0 amide bonds. The molecule has 2 aliphatic carbocycles. The van der Waals surface area contributed by atoms with Gasteiger partial charge in [0.25, 0.3) is 0 Å². The van der Waals surface area contributed by atoms with Crippen LogP contribution in [0, 0.1) is 17.8 Å². The zero-order chi connectivity index (χ0) is 15.5. The topological polar surface area (TPSA) is 57.5 Å². The standard InChI is InChI=1S/C17H30.CH2O3/c1-2-3-5-8-15-11-13-17(14-12-15)16-9-6-4-7-10-16;2-1(3)4/h2,15-17H,1,3-14H2;(H2,2,3,4)/t15-,17-;. The van der Waals surface area contributed by atoms with Crippen LogP contribution in [0.1, 0.15) is 77.0 Å². The van der Waals surface area contributed by atoms with Gasteiger partial charge in [0, 0.05) is 0 Å². The van der Waals surface area contributed by atoms with E-state index < -0.39 is 6.16 Å². The Morgan fingerprint density at radius 3 is 2.00 bits per heavy atom. The normalized spacial score (nSPS) is 26.5. The maximum atomic E-state index is 8.56. The number of hydrogen-bond acceptors (Lipinski definition) is 1. The van der Waals surface area contributed by atoms with Crippen molar-refractivity contribution in [2.45, 2.75) is 77.0 Å². The Morgan fingerprint density at radius 1 is 0.952 bits per heavy atom. The first-order chi connectivity index (χ1) is 10.1. The fraction of sp³-hybridized carbons (Fsp3) is 0.833. The van der Waals surface area contributed by atoms with E-state index in [1.54, 1.807) is 25.7 Å². The van der Waals surface area contributed by atoms with Crippen LogP contribution in [-0.2, 0) is 0 Å². The molecule has 122 valence electrons. The summed E-state index contributed by atoms with van der Waals surface area (Å²) < 4.78 is 0. The molecule has 0 aromatic carbocycles. The Morgan fingerprint density at radius 2 is 1.48 bits per heavy atom. The van der Waals surface area contributed by atoms with E-state index in [0.717, 1.165) is 17.8 Å². The first-order valence-electron chi connectivity index (χ1n) is 8.66. The summed E-state index contributed by atoms with van der Waals surface area (Å²) in [4.78, 5) is 8.56. The van der Waals surface area contributed by atoms with Crippen LogP contribution in [0.15, 0.2) is 12.7 Å². The van der Waals surface area contributed by atoms with Crippen LogP contribution in [-0.4, -0.2) is 16.4 Å². The third-order valence-electron chi connectivity index (χ3n) is 5.23. The molecule has 0 aromatic heterocycles. The zero-order valence-electron chi connectivity index (χ0n) is 13.3. The van der Waals surface area contributed by atoms with E-state index in [2.05, 4.69) is 12.7 Å². The molecule has 0 radical (unpaired) electrons.